The van der Waals surface area contributed by atoms with Crippen molar-refractivity contribution >= 4 is 22.8 Å². The van der Waals surface area contributed by atoms with Gasteiger partial charge in [0.05, 0.1) is 17.0 Å². The van der Waals surface area contributed by atoms with E-state index in [9.17, 15) is 18.0 Å². The van der Waals surface area contributed by atoms with E-state index in [1.54, 1.807) is 11.0 Å². The topological polar surface area (TPSA) is 89.6 Å². The molecule has 44 heavy (non-hydrogen) atoms. The number of aromatic amines is 1. The number of amides is 2. The van der Waals surface area contributed by atoms with Gasteiger partial charge < -0.3 is 24.8 Å². The summed E-state index contributed by atoms with van der Waals surface area (Å²) < 4.78 is 48.5. The van der Waals surface area contributed by atoms with Crippen molar-refractivity contribution in [2.75, 3.05) is 44.6 Å². The Balaban J connectivity index is 1.17. The third-order valence-corrected chi connectivity index (χ3v) is 8.63. The number of carbonyl (C=O) groups is 1. The lowest BCUT2D eigenvalue weighted by atomic mass is 9.93. The molecule has 9 nitrogen and oxygen atoms in total. The second-order valence-electron chi connectivity index (χ2n) is 11.5. The number of urea groups is 1. The summed E-state index contributed by atoms with van der Waals surface area (Å²) in [6, 6.07) is 11.0. The molecule has 232 valence electrons. The number of anilines is 1. The number of nitrogens with zero attached hydrogens (tertiary/aromatic N) is 5. The zero-order chi connectivity index (χ0) is 31.0. The van der Waals surface area contributed by atoms with Crippen LogP contribution in [0.2, 0.25) is 0 Å². The van der Waals surface area contributed by atoms with Crippen molar-refractivity contribution in [2.45, 2.75) is 46.0 Å². The first-order chi connectivity index (χ1) is 21.1. The molecule has 6 rings (SSSR count). The molecule has 2 aromatic carbocycles. The summed E-state index contributed by atoms with van der Waals surface area (Å²) in [5.74, 6) is 0.989. The number of hydrogen-bond acceptors (Lipinski definition) is 6. The van der Waals surface area contributed by atoms with Crippen LogP contribution in [0.5, 0.6) is 11.6 Å². The standard InChI is InChI=1S/C32H36F3N7O2/c1-4-40-11-13-41(14-12-40)18-23-5-7-24(16-28(23)32(33,34)35)39-31(43)42-10-9-22-6-8-25(17-26(22)21(42)3)44-30-27-15-20(2)38-29(27)36-19-37-30/h5-8,15-17,19,21H,4,9-14,18H2,1-3H3,(H,39,43)(H,36,37,38)/t21-/m0/s1. The molecule has 1 atom stereocenters. The van der Waals surface area contributed by atoms with Crippen molar-refractivity contribution in [1.82, 2.24) is 29.7 Å². The monoisotopic (exact) mass is 607 g/mol. The molecule has 2 aliphatic heterocycles. The second-order valence-corrected chi connectivity index (χ2v) is 11.5. The molecular weight excluding hydrogens is 571 g/mol. The highest BCUT2D eigenvalue weighted by Crippen LogP contribution is 2.37. The summed E-state index contributed by atoms with van der Waals surface area (Å²) >= 11 is 0. The van der Waals surface area contributed by atoms with Crippen LogP contribution >= 0.6 is 0 Å². The SMILES string of the molecule is CCN1CCN(Cc2ccc(NC(=O)N3CCc4ccc(Oc5ncnc6[nH]c(C)cc56)cc4[C@@H]3C)cc2C(F)(F)F)CC1. The number of ether oxygens (including phenoxy) is 1. The number of rotatable bonds is 6. The van der Waals surface area contributed by atoms with E-state index in [0.717, 1.165) is 61.0 Å². The van der Waals surface area contributed by atoms with Crippen LogP contribution in [0.15, 0.2) is 48.8 Å². The van der Waals surface area contributed by atoms with E-state index < -0.39 is 17.8 Å². The molecule has 0 saturated carbocycles. The number of halogens is 3. The summed E-state index contributed by atoms with van der Waals surface area (Å²) in [5, 5.41) is 3.49. The van der Waals surface area contributed by atoms with Crippen LogP contribution in [-0.2, 0) is 19.1 Å². The van der Waals surface area contributed by atoms with E-state index in [1.807, 2.05) is 43.0 Å². The average Bonchev–Trinajstić information content (AvgIpc) is 3.39. The van der Waals surface area contributed by atoms with Gasteiger partial charge in [-0.05, 0) is 73.8 Å². The number of nitrogens with one attached hydrogen (secondary N) is 2. The Labute approximate surface area is 254 Å². The number of carbonyl (C=O) groups excluding carboxylic acids is 1. The van der Waals surface area contributed by atoms with Crippen LogP contribution < -0.4 is 10.1 Å². The first kappa shape index (κ1) is 29.9. The van der Waals surface area contributed by atoms with E-state index >= 15 is 0 Å². The fourth-order valence-electron chi connectivity index (χ4n) is 6.13. The smallest absolute Gasteiger partial charge is 0.416 e. The molecular formula is C32H36F3N7O2. The van der Waals surface area contributed by atoms with Crippen LogP contribution in [0.4, 0.5) is 23.7 Å². The molecule has 0 radical (unpaired) electrons. The lowest BCUT2D eigenvalue weighted by molar-refractivity contribution is -0.138. The molecule has 12 heteroatoms. The Hall–Kier alpha value is -4.16. The Bertz CT molecular complexity index is 1660. The van der Waals surface area contributed by atoms with Crippen LogP contribution in [0, 0.1) is 6.92 Å². The highest BCUT2D eigenvalue weighted by atomic mass is 19.4. The summed E-state index contributed by atoms with van der Waals surface area (Å²) in [6.45, 7) is 10.6. The molecule has 4 heterocycles. The van der Waals surface area contributed by atoms with Crippen molar-refractivity contribution < 1.29 is 22.7 Å². The van der Waals surface area contributed by atoms with Crippen molar-refractivity contribution in [1.29, 1.82) is 0 Å². The minimum atomic E-state index is -4.54. The Kier molecular flexibility index (Phi) is 8.21. The maximum absolute atomic E-state index is 14.1. The van der Waals surface area contributed by atoms with Gasteiger partial charge in [-0.3, -0.25) is 4.90 Å². The van der Waals surface area contributed by atoms with E-state index in [4.69, 9.17) is 4.74 Å². The molecule has 2 N–H and O–H groups in total. The summed E-state index contributed by atoms with van der Waals surface area (Å²) in [5.41, 5.74) is 3.22. The van der Waals surface area contributed by atoms with Gasteiger partial charge in [0.1, 0.15) is 17.7 Å². The molecule has 2 amide bonds. The third kappa shape index (κ3) is 6.22. The minimum Gasteiger partial charge on any atom is -0.438 e. The number of piperazine rings is 1. The van der Waals surface area contributed by atoms with Crippen molar-refractivity contribution in [3.05, 3.63) is 76.7 Å². The molecule has 0 spiro atoms. The van der Waals surface area contributed by atoms with Crippen LogP contribution in [0.25, 0.3) is 11.0 Å². The normalized spacial score (nSPS) is 18.0. The highest BCUT2D eigenvalue weighted by Gasteiger charge is 2.35. The zero-order valence-corrected chi connectivity index (χ0v) is 25.0. The second kappa shape index (κ2) is 12.1. The number of H-pyrrole nitrogens is 1. The fraction of sp³-hybridized carbons (Fsp3) is 0.406. The van der Waals surface area contributed by atoms with Gasteiger partial charge in [0.2, 0.25) is 5.88 Å². The summed E-state index contributed by atoms with van der Waals surface area (Å²) in [4.78, 5) is 31.1. The molecule has 0 unspecified atom stereocenters. The predicted octanol–water partition coefficient (Wildman–Crippen LogP) is 6.37. The van der Waals surface area contributed by atoms with Gasteiger partial charge in [0, 0.05) is 50.6 Å². The van der Waals surface area contributed by atoms with E-state index in [-0.39, 0.29) is 23.8 Å². The van der Waals surface area contributed by atoms with Crippen LogP contribution in [0.3, 0.4) is 0 Å². The van der Waals surface area contributed by atoms with Gasteiger partial charge in [-0.1, -0.05) is 19.1 Å². The summed E-state index contributed by atoms with van der Waals surface area (Å²) in [6.07, 6.45) is -2.49. The number of aromatic nitrogens is 3. The molecule has 2 aliphatic rings. The number of likely N-dealkylation sites (N-methyl/N-ethyl adjacent to an activating group) is 1. The minimum absolute atomic E-state index is 0.117. The van der Waals surface area contributed by atoms with Gasteiger partial charge in [-0.25, -0.2) is 14.8 Å². The van der Waals surface area contributed by atoms with Gasteiger partial charge in [-0.15, -0.1) is 0 Å². The number of hydrogen-bond donors (Lipinski definition) is 2. The zero-order valence-electron chi connectivity index (χ0n) is 25.0. The first-order valence-electron chi connectivity index (χ1n) is 14.9. The Morgan fingerprint density at radius 3 is 2.57 bits per heavy atom. The Morgan fingerprint density at radius 1 is 1.05 bits per heavy atom. The quantitative estimate of drug-likeness (QED) is 0.265. The van der Waals surface area contributed by atoms with Crippen molar-refractivity contribution in [3.63, 3.8) is 0 Å². The largest absolute Gasteiger partial charge is 0.438 e. The van der Waals surface area contributed by atoms with Crippen LogP contribution in [-0.4, -0.2) is 75.0 Å². The lowest BCUT2D eigenvalue weighted by Crippen LogP contribution is -2.45. The van der Waals surface area contributed by atoms with Gasteiger partial charge >= 0.3 is 12.2 Å². The molecule has 4 aromatic rings. The van der Waals surface area contributed by atoms with Gasteiger partial charge in [0.25, 0.3) is 0 Å². The van der Waals surface area contributed by atoms with Crippen LogP contribution in [0.1, 0.15) is 47.8 Å². The maximum Gasteiger partial charge on any atom is 0.416 e. The van der Waals surface area contributed by atoms with E-state index in [2.05, 4.69) is 32.1 Å². The Morgan fingerprint density at radius 2 is 1.82 bits per heavy atom. The molecule has 2 aromatic heterocycles. The van der Waals surface area contributed by atoms with Gasteiger partial charge in [-0.2, -0.15) is 13.2 Å². The summed E-state index contributed by atoms with van der Waals surface area (Å²) in [7, 11) is 0. The maximum atomic E-state index is 14.1. The van der Waals surface area contributed by atoms with Crippen molar-refractivity contribution in [2.24, 2.45) is 0 Å². The molecule has 1 saturated heterocycles. The van der Waals surface area contributed by atoms with Gasteiger partial charge in [0.15, 0.2) is 0 Å². The average molecular weight is 608 g/mol. The van der Waals surface area contributed by atoms with E-state index in [1.165, 1.54) is 12.4 Å². The fourth-order valence-corrected chi connectivity index (χ4v) is 6.13. The van der Waals surface area contributed by atoms with Crippen molar-refractivity contribution in [3.8, 4) is 11.6 Å². The number of alkyl halides is 3. The lowest BCUT2D eigenvalue weighted by Gasteiger charge is -2.35. The highest BCUT2D eigenvalue weighted by molar-refractivity contribution is 5.90. The molecule has 0 aliphatic carbocycles. The first-order valence-corrected chi connectivity index (χ1v) is 14.9. The number of benzene rings is 2. The predicted molar refractivity (Wildman–Crippen MR) is 162 cm³/mol. The number of fused-ring (bicyclic) bond motifs is 2. The molecule has 0 bridgehead atoms. The molecule has 1 fully saturated rings. The van der Waals surface area contributed by atoms with E-state index in [0.29, 0.717) is 30.2 Å². The number of aryl methyl sites for hydroxylation is 1. The third-order valence-electron chi connectivity index (χ3n) is 8.63.